The van der Waals surface area contributed by atoms with Gasteiger partial charge in [0.2, 0.25) is 0 Å². The van der Waals surface area contributed by atoms with Gasteiger partial charge in [-0.2, -0.15) is 0 Å². The van der Waals surface area contributed by atoms with E-state index < -0.39 is 0 Å². The summed E-state index contributed by atoms with van der Waals surface area (Å²) in [6, 6.07) is 5.04. The Bertz CT molecular complexity index is 429. The molecule has 1 aromatic rings. The van der Waals surface area contributed by atoms with Crippen molar-refractivity contribution in [1.82, 2.24) is 0 Å². The Balaban J connectivity index is 2.35. The van der Waals surface area contributed by atoms with E-state index in [1.165, 1.54) is 25.7 Å². The lowest BCUT2D eigenvalue weighted by atomic mass is 10.1. The molecule has 0 aliphatic heterocycles. The molecule has 4 nitrogen and oxygen atoms in total. The topological polar surface area (TPSA) is 44.8 Å². The summed E-state index contributed by atoms with van der Waals surface area (Å²) < 4.78 is 15.6. The van der Waals surface area contributed by atoms with Crippen LogP contribution in [0.5, 0.6) is 11.5 Å². The number of carbonyl (C=O) groups excluding carboxylic acids is 1. The number of esters is 1. The lowest BCUT2D eigenvalue weighted by molar-refractivity contribution is 0.0497. The predicted octanol–water partition coefficient (Wildman–Crippen LogP) is 4.22. The zero-order valence-corrected chi connectivity index (χ0v) is 13.3. The maximum atomic E-state index is 11.9. The highest BCUT2D eigenvalue weighted by atomic mass is 16.5. The van der Waals surface area contributed by atoms with Gasteiger partial charge < -0.3 is 14.2 Å². The third-order valence-corrected chi connectivity index (χ3v) is 3.35. The Hall–Kier alpha value is -1.71. The van der Waals surface area contributed by atoms with Crippen molar-refractivity contribution in [1.29, 1.82) is 0 Å². The first-order valence-electron chi connectivity index (χ1n) is 7.62. The van der Waals surface area contributed by atoms with E-state index in [4.69, 9.17) is 14.2 Å². The summed E-state index contributed by atoms with van der Waals surface area (Å²) in [6.45, 7) is 2.67. The monoisotopic (exact) mass is 294 g/mol. The van der Waals surface area contributed by atoms with E-state index in [2.05, 4.69) is 6.92 Å². The molecule has 0 aliphatic rings. The standard InChI is InChI=1S/C17H26O4/c1-4-5-6-7-8-9-12-21-17(18)14-10-11-15(19-2)16(13-14)20-3/h10-11,13H,4-9,12H2,1-3H3. The van der Waals surface area contributed by atoms with E-state index in [1.54, 1.807) is 32.4 Å². The van der Waals surface area contributed by atoms with Gasteiger partial charge in [-0.25, -0.2) is 4.79 Å². The molecule has 4 heteroatoms. The van der Waals surface area contributed by atoms with Crippen LogP contribution in [0, 0.1) is 0 Å². The molecule has 0 unspecified atom stereocenters. The van der Waals surface area contributed by atoms with Gasteiger partial charge in [-0.1, -0.05) is 39.0 Å². The van der Waals surface area contributed by atoms with Crippen LogP contribution in [0.15, 0.2) is 18.2 Å². The molecule has 0 bridgehead atoms. The smallest absolute Gasteiger partial charge is 0.338 e. The predicted molar refractivity (Wildman–Crippen MR) is 83.2 cm³/mol. The number of rotatable bonds is 10. The molecule has 0 saturated carbocycles. The van der Waals surface area contributed by atoms with Crippen LogP contribution in [0.2, 0.25) is 0 Å². The summed E-state index contributed by atoms with van der Waals surface area (Å²) in [5, 5.41) is 0. The van der Waals surface area contributed by atoms with Crippen molar-refractivity contribution < 1.29 is 19.0 Å². The second kappa shape index (κ2) is 10.1. The Labute approximate surface area is 127 Å². The highest BCUT2D eigenvalue weighted by Gasteiger charge is 2.11. The van der Waals surface area contributed by atoms with Crippen molar-refractivity contribution in [2.24, 2.45) is 0 Å². The first-order valence-corrected chi connectivity index (χ1v) is 7.62. The van der Waals surface area contributed by atoms with Crippen LogP contribution in [0.3, 0.4) is 0 Å². The van der Waals surface area contributed by atoms with Crippen LogP contribution in [0.4, 0.5) is 0 Å². The Morgan fingerprint density at radius 1 is 0.952 bits per heavy atom. The molecule has 0 aliphatic carbocycles. The number of carbonyl (C=O) groups is 1. The summed E-state index contributed by atoms with van der Waals surface area (Å²) in [4.78, 5) is 11.9. The molecule has 1 aromatic carbocycles. The summed E-state index contributed by atoms with van der Waals surface area (Å²) in [6.07, 6.45) is 7.03. The van der Waals surface area contributed by atoms with E-state index >= 15 is 0 Å². The van der Waals surface area contributed by atoms with Gasteiger partial charge >= 0.3 is 5.97 Å². The first kappa shape index (κ1) is 17.3. The summed E-state index contributed by atoms with van der Waals surface area (Å²) >= 11 is 0. The number of benzene rings is 1. The van der Waals surface area contributed by atoms with Gasteiger partial charge in [-0.15, -0.1) is 0 Å². The van der Waals surface area contributed by atoms with Gasteiger partial charge in [-0.05, 0) is 24.6 Å². The van der Waals surface area contributed by atoms with Crippen LogP contribution in [0.1, 0.15) is 55.8 Å². The van der Waals surface area contributed by atoms with Crippen LogP contribution in [0.25, 0.3) is 0 Å². The van der Waals surface area contributed by atoms with Crippen molar-refractivity contribution in [2.45, 2.75) is 45.4 Å². The maximum Gasteiger partial charge on any atom is 0.338 e. The van der Waals surface area contributed by atoms with Crippen molar-refractivity contribution in [3.05, 3.63) is 23.8 Å². The number of hydrogen-bond acceptors (Lipinski definition) is 4. The molecule has 0 saturated heterocycles. The van der Waals surface area contributed by atoms with Crippen molar-refractivity contribution in [3.8, 4) is 11.5 Å². The Kier molecular flexibility index (Phi) is 8.32. The van der Waals surface area contributed by atoms with E-state index in [-0.39, 0.29) is 5.97 Å². The minimum Gasteiger partial charge on any atom is -0.493 e. The van der Waals surface area contributed by atoms with Gasteiger partial charge in [0.05, 0.1) is 26.4 Å². The number of hydrogen-bond donors (Lipinski definition) is 0. The molecule has 21 heavy (non-hydrogen) atoms. The van der Waals surface area contributed by atoms with Crippen LogP contribution in [-0.4, -0.2) is 26.8 Å². The molecular weight excluding hydrogens is 268 g/mol. The average Bonchev–Trinajstić information content (AvgIpc) is 2.53. The minimum absolute atomic E-state index is 0.315. The van der Waals surface area contributed by atoms with Crippen molar-refractivity contribution in [2.75, 3.05) is 20.8 Å². The largest absolute Gasteiger partial charge is 0.493 e. The highest BCUT2D eigenvalue weighted by molar-refractivity contribution is 5.90. The van der Waals surface area contributed by atoms with Gasteiger partial charge in [0.1, 0.15) is 0 Å². The van der Waals surface area contributed by atoms with E-state index in [0.29, 0.717) is 23.7 Å². The van der Waals surface area contributed by atoms with Crippen LogP contribution >= 0.6 is 0 Å². The van der Waals surface area contributed by atoms with E-state index in [0.717, 1.165) is 12.8 Å². The fraction of sp³-hybridized carbons (Fsp3) is 0.588. The molecule has 0 radical (unpaired) electrons. The van der Waals surface area contributed by atoms with Gasteiger partial charge in [0.15, 0.2) is 11.5 Å². The van der Waals surface area contributed by atoms with E-state index in [9.17, 15) is 4.79 Å². The molecular formula is C17H26O4. The molecule has 0 spiro atoms. The molecule has 0 amide bonds. The van der Waals surface area contributed by atoms with Crippen molar-refractivity contribution in [3.63, 3.8) is 0 Å². The second-order valence-electron chi connectivity index (χ2n) is 4.97. The molecule has 0 N–H and O–H groups in total. The molecule has 0 atom stereocenters. The Morgan fingerprint density at radius 3 is 2.29 bits per heavy atom. The summed E-state index contributed by atoms with van der Waals surface area (Å²) in [5.41, 5.74) is 0.485. The van der Waals surface area contributed by atoms with Gasteiger partial charge in [0, 0.05) is 0 Å². The third kappa shape index (κ3) is 6.06. The SMILES string of the molecule is CCCCCCCCOC(=O)c1ccc(OC)c(OC)c1. The normalized spacial score (nSPS) is 10.2. The molecule has 0 heterocycles. The highest BCUT2D eigenvalue weighted by Crippen LogP contribution is 2.27. The third-order valence-electron chi connectivity index (χ3n) is 3.35. The zero-order chi connectivity index (χ0) is 15.5. The first-order chi connectivity index (χ1) is 10.2. The fourth-order valence-corrected chi connectivity index (χ4v) is 2.09. The second-order valence-corrected chi connectivity index (χ2v) is 4.97. The molecule has 0 aromatic heterocycles. The van der Waals surface area contributed by atoms with Crippen LogP contribution < -0.4 is 9.47 Å². The van der Waals surface area contributed by atoms with Crippen molar-refractivity contribution >= 4 is 5.97 Å². The fourth-order valence-electron chi connectivity index (χ4n) is 2.09. The molecule has 0 fully saturated rings. The lowest BCUT2D eigenvalue weighted by Crippen LogP contribution is -2.07. The number of methoxy groups -OCH3 is 2. The van der Waals surface area contributed by atoms with Gasteiger partial charge in [0.25, 0.3) is 0 Å². The zero-order valence-electron chi connectivity index (χ0n) is 13.3. The van der Waals surface area contributed by atoms with Gasteiger partial charge in [-0.3, -0.25) is 0 Å². The van der Waals surface area contributed by atoms with Crippen LogP contribution in [-0.2, 0) is 4.74 Å². The molecule has 1 rings (SSSR count). The van der Waals surface area contributed by atoms with E-state index in [1.807, 2.05) is 0 Å². The maximum absolute atomic E-state index is 11.9. The average molecular weight is 294 g/mol. The quantitative estimate of drug-likeness (QED) is 0.479. The number of ether oxygens (including phenoxy) is 3. The Morgan fingerprint density at radius 2 is 1.62 bits per heavy atom. The summed E-state index contributed by atoms with van der Waals surface area (Å²) in [5.74, 6) is 0.820. The molecule has 118 valence electrons. The summed E-state index contributed by atoms with van der Waals surface area (Å²) in [7, 11) is 3.11. The lowest BCUT2D eigenvalue weighted by Gasteiger charge is -2.09. The number of unbranched alkanes of at least 4 members (excludes halogenated alkanes) is 5. The minimum atomic E-state index is -0.315.